The predicted molar refractivity (Wildman–Crippen MR) is 93.5 cm³/mol. The third-order valence-electron chi connectivity index (χ3n) is 4.01. The predicted octanol–water partition coefficient (Wildman–Crippen LogP) is 3.03. The third kappa shape index (κ3) is 3.35. The second-order valence-electron chi connectivity index (χ2n) is 5.96. The maximum atomic E-state index is 12.9. The Morgan fingerprint density at radius 3 is 2.40 bits per heavy atom. The second-order valence-corrected chi connectivity index (χ2v) is 7.61. The van der Waals surface area contributed by atoms with Crippen molar-refractivity contribution in [3.63, 3.8) is 0 Å². The third-order valence-corrected chi connectivity index (χ3v) is 5.82. The molecule has 25 heavy (non-hydrogen) atoms. The first kappa shape index (κ1) is 17.4. The van der Waals surface area contributed by atoms with E-state index in [1.54, 1.807) is 20.8 Å². The summed E-state index contributed by atoms with van der Waals surface area (Å²) < 4.78 is 34.0. The molecular weight excluding hydrogens is 340 g/mol. The molecule has 2 heterocycles. The minimum Gasteiger partial charge on any atom is -0.420 e. The van der Waals surface area contributed by atoms with Crippen molar-refractivity contribution in [2.24, 2.45) is 0 Å². The van der Waals surface area contributed by atoms with Gasteiger partial charge in [0.15, 0.2) is 0 Å². The summed E-state index contributed by atoms with van der Waals surface area (Å²) in [5.41, 5.74) is 2.49. The minimum absolute atomic E-state index is 0.209. The average molecular weight is 360 g/mol. The summed E-state index contributed by atoms with van der Waals surface area (Å²) in [5.74, 6) is 0.692. The van der Waals surface area contributed by atoms with Gasteiger partial charge in [-0.2, -0.15) is 0 Å². The largest absolute Gasteiger partial charge is 0.420 e. The van der Waals surface area contributed by atoms with Crippen LogP contribution in [0.1, 0.15) is 35.7 Å². The molecule has 3 aromatic rings. The first-order valence-electron chi connectivity index (χ1n) is 7.86. The number of hydrogen-bond donors (Lipinski definition) is 2. The number of H-pyrrole nitrogens is 1. The molecule has 3 rings (SSSR count). The zero-order valence-electron chi connectivity index (χ0n) is 14.5. The van der Waals surface area contributed by atoms with Crippen molar-refractivity contribution in [1.82, 2.24) is 19.9 Å². The lowest BCUT2D eigenvalue weighted by Crippen LogP contribution is -2.27. The van der Waals surface area contributed by atoms with Crippen molar-refractivity contribution in [2.75, 3.05) is 0 Å². The Balaban J connectivity index is 1.96. The number of sulfonamides is 1. The maximum absolute atomic E-state index is 12.9. The SMILES string of the molecule is Cc1nnc(-c2[nH]c(C)c(S(=O)(=O)N[C@@H](C)c3ccccc3)c2C)o1. The van der Waals surface area contributed by atoms with E-state index in [9.17, 15) is 8.42 Å². The highest BCUT2D eigenvalue weighted by atomic mass is 32.2. The van der Waals surface area contributed by atoms with Crippen LogP contribution in [0.4, 0.5) is 0 Å². The topological polar surface area (TPSA) is 101 Å². The first-order chi connectivity index (χ1) is 11.8. The van der Waals surface area contributed by atoms with Crippen LogP contribution in [-0.2, 0) is 10.0 Å². The maximum Gasteiger partial charge on any atom is 0.264 e. The standard InChI is InChI=1S/C17H20N4O3S/c1-10-15(17-20-19-13(4)24-17)18-12(3)16(10)25(22,23)21-11(2)14-8-6-5-7-9-14/h5-9,11,18,21H,1-4H3/t11-/m0/s1. The molecule has 0 amide bonds. The lowest BCUT2D eigenvalue weighted by molar-refractivity contribution is 0.531. The van der Waals surface area contributed by atoms with Crippen LogP contribution in [0, 0.1) is 20.8 Å². The lowest BCUT2D eigenvalue weighted by Gasteiger charge is -2.15. The molecule has 0 bridgehead atoms. The quantitative estimate of drug-likeness (QED) is 0.728. The van der Waals surface area contributed by atoms with E-state index in [0.29, 0.717) is 22.8 Å². The first-order valence-corrected chi connectivity index (χ1v) is 9.35. The average Bonchev–Trinajstić information content (AvgIpc) is 3.11. The molecule has 1 aromatic carbocycles. The number of hydrogen-bond acceptors (Lipinski definition) is 5. The number of aromatic nitrogens is 3. The molecule has 0 saturated carbocycles. The molecule has 8 heteroatoms. The van der Waals surface area contributed by atoms with Crippen LogP contribution in [-0.4, -0.2) is 23.6 Å². The van der Waals surface area contributed by atoms with Crippen LogP contribution in [0.3, 0.4) is 0 Å². The van der Waals surface area contributed by atoms with Gasteiger partial charge in [0.25, 0.3) is 5.89 Å². The van der Waals surface area contributed by atoms with Gasteiger partial charge in [0.1, 0.15) is 10.6 Å². The van der Waals surface area contributed by atoms with E-state index in [-0.39, 0.29) is 16.8 Å². The Morgan fingerprint density at radius 1 is 1.12 bits per heavy atom. The Kier molecular flexibility index (Phi) is 4.49. The van der Waals surface area contributed by atoms with E-state index in [1.807, 2.05) is 37.3 Å². The van der Waals surface area contributed by atoms with Gasteiger partial charge in [0.2, 0.25) is 15.9 Å². The van der Waals surface area contributed by atoms with Crippen LogP contribution in [0.5, 0.6) is 0 Å². The summed E-state index contributed by atoms with van der Waals surface area (Å²) in [4.78, 5) is 3.26. The molecule has 0 radical (unpaired) electrons. The summed E-state index contributed by atoms with van der Waals surface area (Å²) in [7, 11) is -3.72. The molecule has 2 aromatic heterocycles. The van der Waals surface area contributed by atoms with Crippen LogP contribution in [0.25, 0.3) is 11.6 Å². The molecule has 0 unspecified atom stereocenters. The van der Waals surface area contributed by atoms with Gasteiger partial charge in [-0.3, -0.25) is 0 Å². The number of nitrogens with zero attached hydrogens (tertiary/aromatic N) is 2. The highest BCUT2D eigenvalue weighted by Crippen LogP contribution is 2.30. The molecule has 0 aliphatic carbocycles. The normalized spacial score (nSPS) is 13.1. The van der Waals surface area contributed by atoms with Crippen LogP contribution >= 0.6 is 0 Å². The Bertz CT molecular complexity index is 990. The Morgan fingerprint density at radius 2 is 1.80 bits per heavy atom. The molecule has 132 valence electrons. The van der Waals surface area contributed by atoms with Gasteiger partial charge in [-0.05, 0) is 31.9 Å². The molecule has 0 aliphatic rings. The molecule has 0 aliphatic heterocycles. The van der Waals surface area contributed by atoms with E-state index < -0.39 is 10.0 Å². The van der Waals surface area contributed by atoms with Gasteiger partial charge in [0.05, 0.1) is 0 Å². The van der Waals surface area contributed by atoms with E-state index in [0.717, 1.165) is 5.56 Å². The van der Waals surface area contributed by atoms with E-state index in [2.05, 4.69) is 19.9 Å². The number of benzene rings is 1. The number of rotatable bonds is 5. The van der Waals surface area contributed by atoms with Crippen LogP contribution in [0.15, 0.2) is 39.6 Å². The smallest absolute Gasteiger partial charge is 0.264 e. The van der Waals surface area contributed by atoms with Gasteiger partial charge in [0, 0.05) is 18.7 Å². The lowest BCUT2D eigenvalue weighted by atomic mass is 10.1. The second kappa shape index (κ2) is 6.45. The highest BCUT2D eigenvalue weighted by Gasteiger charge is 2.27. The Hall–Kier alpha value is -2.45. The summed E-state index contributed by atoms with van der Waals surface area (Å²) in [6.45, 7) is 6.93. The molecular formula is C17H20N4O3S. The molecule has 1 atom stereocenters. The summed E-state index contributed by atoms with van der Waals surface area (Å²) in [6.07, 6.45) is 0. The molecule has 2 N–H and O–H groups in total. The number of aromatic amines is 1. The van der Waals surface area contributed by atoms with Crippen molar-refractivity contribution >= 4 is 10.0 Å². The van der Waals surface area contributed by atoms with Crippen LogP contribution < -0.4 is 4.72 Å². The summed E-state index contributed by atoms with van der Waals surface area (Å²) in [6, 6.07) is 9.07. The Labute approximate surface area is 146 Å². The fraction of sp³-hybridized carbons (Fsp3) is 0.294. The zero-order valence-corrected chi connectivity index (χ0v) is 15.3. The van der Waals surface area contributed by atoms with Crippen LogP contribution in [0.2, 0.25) is 0 Å². The van der Waals surface area contributed by atoms with Gasteiger partial charge in [-0.25, -0.2) is 13.1 Å². The van der Waals surface area contributed by atoms with Gasteiger partial charge in [-0.15, -0.1) is 10.2 Å². The fourth-order valence-electron chi connectivity index (χ4n) is 2.85. The van der Waals surface area contributed by atoms with Crippen molar-refractivity contribution in [2.45, 2.75) is 38.6 Å². The zero-order chi connectivity index (χ0) is 18.2. The van der Waals surface area contributed by atoms with Crippen molar-refractivity contribution in [3.05, 3.63) is 53.0 Å². The number of nitrogens with one attached hydrogen (secondary N) is 2. The van der Waals surface area contributed by atoms with Crippen molar-refractivity contribution in [3.8, 4) is 11.6 Å². The van der Waals surface area contributed by atoms with Gasteiger partial charge in [-0.1, -0.05) is 30.3 Å². The monoisotopic (exact) mass is 360 g/mol. The summed E-state index contributed by atoms with van der Waals surface area (Å²) in [5, 5.41) is 7.75. The number of aryl methyl sites for hydroxylation is 2. The molecule has 0 saturated heterocycles. The molecule has 0 fully saturated rings. The fourth-order valence-corrected chi connectivity index (χ4v) is 4.53. The van der Waals surface area contributed by atoms with Crippen molar-refractivity contribution in [1.29, 1.82) is 0 Å². The minimum atomic E-state index is -3.72. The van der Waals surface area contributed by atoms with Gasteiger partial charge >= 0.3 is 0 Å². The van der Waals surface area contributed by atoms with Gasteiger partial charge < -0.3 is 9.40 Å². The highest BCUT2D eigenvalue weighted by molar-refractivity contribution is 7.89. The molecule has 0 spiro atoms. The van der Waals surface area contributed by atoms with Crippen molar-refractivity contribution < 1.29 is 12.8 Å². The van der Waals surface area contributed by atoms with E-state index in [4.69, 9.17) is 4.42 Å². The van der Waals surface area contributed by atoms with E-state index >= 15 is 0 Å². The summed E-state index contributed by atoms with van der Waals surface area (Å²) >= 11 is 0. The molecule has 7 nitrogen and oxygen atoms in total. The van der Waals surface area contributed by atoms with E-state index in [1.165, 1.54) is 0 Å².